The number of nitrogens with one attached hydrogen (secondary N) is 2. The van der Waals surface area contributed by atoms with Crippen molar-refractivity contribution in [1.29, 1.82) is 0 Å². The van der Waals surface area contributed by atoms with Crippen LogP contribution in [-0.2, 0) is 9.53 Å². The summed E-state index contributed by atoms with van der Waals surface area (Å²) in [6, 6.07) is 0.530. The Hall–Kier alpha value is -0.610. The number of nitrogens with zero attached hydrogens (tertiary/aromatic N) is 3. The molecule has 1 unspecified atom stereocenters. The summed E-state index contributed by atoms with van der Waals surface area (Å²) >= 11 is 0. The van der Waals surface area contributed by atoms with Gasteiger partial charge < -0.3 is 20.3 Å². The highest BCUT2D eigenvalue weighted by atomic mass is 127. The number of halogens is 1. The van der Waals surface area contributed by atoms with E-state index < -0.39 is 0 Å². The number of methoxy groups -OCH3 is 1. The summed E-state index contributed by atoms with van der Waals surface area (Å²) in [5, 5.41) is 6.67. The van der Waals surface area contributed by atoms with Gasteiger partial charge in [-0.3, -0.25) is 9.69 Å². The summed E-state index contributed by atoms with van der Waals surface area (Å²) in [6.45, 7) is 10.1. The van der Waals surface area contributed by atoms with E-state index in [4.69, 9.17) is 4.74 Å². The summed E-state index contributed by atoms with van der Waals surface area (Å²) in [5.74, 6) is 0.649. The van der Waals surface area contributed by atoms with E-state index in [1.54, 1.807) is 26.1 Å². The number of rotatable bonds is 8. The van der Waals surface area contributed by atoms with Crippen LogP contribution in [0, 0.1) is 0 Å². The minimum absolute atomic E-state index is 0. The van der Waals surface area contributed by atoms with Gasteiger partial charge in [-0.2, -0.15) is 0 Å². The summed E-state index contributed by atoms with van der Waals surface area (Å²) in [4.78, 5) is 20.2. The van der Waals surface area contributed by atoms with E-state index in [1.165, 1.54) is 19.4 Å². The molecule has 0 bridgehead atoms. The second-order valence-electron chi connectivity index (χ2n) is 7.08. The normalized spacial score (nSPS) is 18.6. The van der Waals surface area contributed by atoms with Crippen molar-refractivity contribution >= 4 is 35.8 Å². The quantitative estimate of drug-likeness (QED) is 0.317. The molecule has 0 aliphatic carbocycles. The molecule has 7 nitrogen and oxygen atoms in total. The Morgan fingerprint density at radius 1 is 1.36 bits per heavy atom. The van der Waals surface area contributed by atoms with E-state index in [2.05, 4.69) is 27.4 Å². The zero-order chi connectivity index (χ0) is 18.2. The fourth-order valence-corrected chi connectivity index (χ4v) is 2.59. The maximum atomic E-state index is 11.8. The molecular formula is C17H36IN5O2. The highest BCUT2D eigenvalue weighted by Gasteiger charge is 2.23. The topological polar surface area (TPSA) is 69.2 Å². The lowest BCUT2D eigenvalue weighted by Gasteiger charge is -2.27. The number of likely N-dealkylation sites (tertiary alicyclic amines) is 1. The molecule has 8 heteroatoms. The first kappa shape index (κ1) is 24.4. The molecule has 0 radical (unpaired) electrons. The van der Waals surface area contributed by atoms with Crippen LogP contribution in [0.1, 0.15) is 33.6 Å². The van der Waals surface area contributed by atoms with E-state index in [0.29, 0.717) is 18.5 Å². The molecule has 0 saturated carbocycles. The maximum Gasteiger partial charge on any atom is 0.243 e. The van der Waals surface area contributed by atoms with Crippen molar-refractivity contribution in [2.45, 2.75) is 45.3 Å². The van der Waals surface area contributed by atoms with Crippen LogP contribution in [0.5, 0.6) is 0 Å². The van der Waals surface area contributed by atoms with Crippen LogP contribution in [0.15, 0.2) is 4.99 Å². The molecule has 1 heterocycles. The van der Waals surface area contributed by atoms with Crippen molar-refractivity contribution in [2.24, 2.45) is 4.99 Å². The van der Waals surface area contributed by atoms with E-state index >= 15 is 0 Å². The molecule has 1 fully saturated rings. The Bertz CT molecular complexity index is 429. The lowest BCUT2D eigenvalue weighted by molar-refractivity contribution is -0.127. The van der Waals surface area contributed by atoms with E-state index in [-0.39, 0.29) is 42.0 Å². The van der Waals surface area contributed by atoms with Gasteiger partial charge in [0, 0.05) is 40.3 Å². The number of hydrogen-bond donors (Lipinski definition) is 2. The Morgan fingerprint density at radius 3 is 2.60 bits per heavy atom. The van der Waals surface area contributed by atoms with Crippen LogP contribution < -0.4 is 10.6 Å². The van der Waals surface area contributed by atoms with Gasteiger partial charge in [0.2, 0.25) is 5.91 Å². The lowest BCUT2D eigenvalue weighted by atomic mass is 10.1. The number of likely N-dealkylation sites (N-methyl/N-ethyl adjacent to an activating group) is 2. The standard InChI is InChI=1S/C17H35N5O2.HI/c1-7-22-10-8-9-14(22)11-18-16(19-12-15(23)21(4)5)20-13-17(2,3)24-6;/h14H,7-13H2,1-6H3,(H2,18,19,20);1H. The number of aliphatic imine (C=N–C) groups is 1. The van der Waals surface area contributed by atoms with E-state index in [1.807, 2.05) is 13.8 Å². The average molecular weight is 469 g/mol. The van der Waals surface area contributed by atoms with Crippen LogP contribution in [0.3, 0.4) is 0 Å². The van der Waals surface area contributed by atoms with Gasteiger partial charge in [-0.15, -0.1) is 24.0 Å². The third kappa shape index (κ3) is 9.05. The largest absolute Gasteiger partial charge is 0.377 e. The van der Waals surface area contributed by atoms with Gasteiger partial charge in [0.25, 0.3) is 0 Å². The average Bonchev–Trinajstić information content (AvgIpc) is 3.01. The molecule has 25 heavy (non-hydrogen) atoms. The van der Waals surface area contributed by atoms with Crippen molar-refractivity contribution in [3.05, 3.63) is 0 Å². The molecule has 0 spiro atoms. The number of hydrogen-bond acceptors (Lipinski definition) is 4. The number of carbonyl (C=O) groups excluding carboxylic acids is 1. The third-order valence-electron chi connectivity index (χ3n) is 4.52. The van der Waals surface area contributed by atoms with Crippen LogP contribution >= 0.6 is 24.0 Å². The smallest absolute Gasteiger partial charge is 0.243 e. The van der Waals surface area contributed by atoms with Crippen LogP contribution in [-0.4, -0.2) is 87.2 Å². The molecule has 1 rings (SSSR count). The number of carbonyl (C=O) groups is 1. The molecule has 1 saturated heterocycles. The van der Waals surface area contributed by atoms with Crippen molar-refractivity contribution in [2.75, 3.05) is 53.9 Å². The first-order valence-electron chi connectivity index (χ1n) is 8.80. The highest BCUT2D eigenvalue weighted by molar-refractivity contribution is 14.0. The van der Waals surface area contributed by atoms with Crippen LogP contribution in [0.25, 0.3) is 0 Å². The van der Waals surface area contributed by atoms with Crippen molar-refractivity contribution in [1.82, 2.24) is 20.4 Å². The van der Waals surface area contributed by atoms with Gasteiger partial charge >= 0.3 is 0 Å². The summed E-state index contributed by atoms with van der Waals surface area (Å²) in [6.07, 6.45) is 2.45. The summed E-state index contributed by atoms with van der Waals surface area (Å²) in [5.41, 5.74) is -0.295. The van der Waals surface area contributed by atoms with Crippen molar-refractivity contribution < 1.29 is 9.53 Å². The molecule has 1 amide bonds. The van der Waals surface area contributed by atoms with Crippen molar-refractivity contribution in [3.8, 4) is 0 Å². The minimum atomic E-state index is -0.295. The van der Waals surface area contributed by atoms with Gasteiger partial charge in [0.1, 0.15) is 6.54 Å². The zero-order valence-electron chi connectivity index (χ0n) is 16.6. The number of amides is 1. The van der Waals surface area contributed by atoms with Gasteiger partial charge in [0.15, 0.2) is 5.96 Å². The lowest BCUT2D eigenvalue weighted by Crippen LogP contribution is -2.49. The molecule has 2 N–H and O–H groups in total. The molecule has 1 aliphatic heterocycles. The predicted molar refractivity (Wildman–Crippen MR) is 114 cm³/mol. The van der Waals surface area contributed by atoms with Crippen LogP contribution in [0.2, 0.25) is 0 Å². The summed E-state index contributed by atoms with van der Waals surface area (Å²) in [7, 11) is 5.17. The van der Waals surface area contributed by atoms with E-state index in [9.17, 15) is 4.79 Å². The number of guanidine groups is 1. The molecule has 1 atom stereocenters. The molecule has 0 aromatic heterocycles. The summed E-state index contributed by atoms with van der Waals surface area (Å²) < 4.78 is 5.44. The second-order valence-corrected chi connectivity index (χ2v) is 7.08. The number of ether oxygens (including phenoxy) is 1. The molecular weight excluding hydrogens is 433 g/mol. The first-order chi connectivity index (χ1) is 11.3. The molecule has 148 valence electrons. The van der Waals surface area contributed by atoms with Gasteiger partial charge in [0.05, 0.1) is 5.60 Å². The Kier molecular flexibility index (Phi) is 11.6. The van der Waals surface area contributed by atoms with Crippen LogP contribution in [0.4, 0.5) is 0 Å². The fraction of sp³-hybridized carbons (Fsp3) is 0.882. The van der Waals surface area contributed by atoms with Gasteiger partial charge in [-0.1, -0.05) is 6.92 Å². The predicted octanol–water partition coefficient (Wildman–Crippen LogP) is 1.14. The first-order valence-corrected chi connectivity index (χ1v) is 8.80. The molecule has 0 aromatic carbocycles. The third-order valence-corrected chi connectivity index (χ3v) is 4.52. The Labute approximate surface area is 170 Å². The SMILES string of the molecule is CCN1CCCC1CNC(=NCC(=O)N(C)C)NCC(C)(C)OC.I. The monoisotopic (exact) mass is 469 g/mol. The Morgan fingerprint density at radius 2 is 2.04 bits per heavy atom. The molecule has 0 aromatic rings. The zero-order valence-corrected chi connectivity index (χ0v) is 18.9. The van der Waals surface area contributed by atoms with Crippen molar-refractivity contribution in [3.63, 3.8) is 0 Å². The Balaban J connectivity index is 0.00000576. The fourth-order valence-electron chi connectivity index (χ4n) is 2.59. The van der Waals surface area contributed by atoms with E-state index in [0.717, 1.165) is 13.1 Å². The maximum absolute atomic E-state index is 11.8. The van der Waals surface area contributed by atoms with Gasteiger partial charge in [-0.05, 0) is 39.8 Å². The second kappa shape index (κ2) is 11.9. The molecule has 1 aliphatic rings. The minimum Gasteiger partial charge on any atom is -0.377 e. The van der Waals surface area contributed by atoms with Gasteiger partial charge in [-0.25, -0.2) is 4.99 Å². The highest BCUT2D eigenvalue weighted by Crippen LogP contribution is 2.15.